The molecule has 1 fully saturated rings. The lowest BCUT2D eigenvalue weighted by atomic mass is 9.87. The molecular formula is C25H26F2N6O. The van der Waals surface area contributed by atoms with Crippen LogP contribution in [0.15, 0.2) is 35.4 Å². The van der Waals surface area contributed by atoms with Gasteiger partial charge in [0.05, 0.1) is 44.7 Å². The number of nitrogens with zero attached hydrogens (tertiary/aromatic N) is 6. The molecule has 0 radical (unpaired) electrons. The number of aromatic nitrogens is 5. The molecule has 4 aromatic heterocycles. The molecule has 0 aliphatic heterocycles. The largest absolute Gasteiger partial charge is 0.361 e. The number of halogens is 2. The van der Waals surface area contributed by atoms with Gasteiger partial charge in [-0.25, -0.2) is 8.78 Å². The molecule has 0 saturated heterocycles. The van der Waals surface area contributed by atoms with E-state index in [0.717, 1.165) is 16.7 Å². The van der Waals surface area contributed by atoms with Gasteiger partial charge in [-0.3, -0.25) is 9.67 Å². The first-order valence-electron chi connectivity index (χ1n) is 12.3. The molecule has 0 N–H and O–H groups in total. The minimum atomic E-state index is -2.74. The number of alkyl halides is 2. The highest BCUT2D eigenvalue weighted by molar-refractivity contribution is 5.94. The highest BCUT2D eigenvalue weighted by atomic mass is 19.3. The van der Waals surface area contributed by atoms with E-state index in [1.54, 1.807) is 36.4 Å². The zero-order valence-electron chi connectivity index (χ0n) is 21.1. The summed E-state index contributed by atoms with van der Waals surface area (Å²) in [5.74, 6) is -2.68. The van der Waals surface area contributed by atoms with Crippen molar-refractivity contribution in [2.75, 3.05) is 0 Å². The zero-order valence-corrected chi connectivity index (χ0v) is 19.1. The Hall–Kier alpha value is -3.54. The summed E-state index contributed by atoms with van der Waals surface area (Å²) < 4.78 is 54.3. The molecule has 5 rings (SSSR count). The summed E-state index contributed by atoms with van der Waals surface area (Å²) in [6, 6.07) is 3.95. The smallest absolute Gasteiger partial charge is 0.248 e. The minimum Gasteiger partial charge on any atom is -0.361 e. The standard InChI is InChI=1S/C25H26F2N6O/c1-16-23(17(2)34-31-16)19-10-22-24(29-11-19)21(20-12-30-33(14-20)9-3-8-28)15-32(22)13-18-4-6-25(26,27)7-5-18/h10-12,14-15,18H,3-7,9,13H2,1-2H3/i13D2. The summed E-state index contributed by atoms with van der Waals surface area (Å²) in [4.78, 5) is 4.70. The van der Waals surface area contributed by atoms with Crippen LogP contribution in [0.5, 0.6) is 0 Å². The topological polar surface area (TPSA) is 85.5 Å². The Bertz CT molecular complexity index is 1440. The summed E-state index contributed by atoms with van der Waals surface area (Å²) in [6.45, 7) is 2.16. The second kappa shape index (κ2) is 8.67. The molecule has 7 nitrogen and oxygen atoms in total. The van der Waals surface area contributed by atoms with Crippen molar-refractivity contribution in [2.45, 2.75) is 64.9 Å². The molecular weight excluding hydrogens is 438 g/mol. The maximum absolute atomic E-state index is 13.8. The fraction of sp³-hybridized carbons (Fsp3) is 0.440. The molecule has 0 spiro atoms. The van der Waals surface area contributed by atoms with Crippen molar-refractivity contribution in [2.24, 2.45) is 5.92 Å². The summed E-state index contributed by atoms with van der Waals surface area (Å²) in [7, 11) is 0. The van der Waals surface area contributed by atoms with Crippen LogP contribution in [0.1, 0.15) is 46.3 Å². The Labute approximate surface area is 198 Å². The van der Waals surface area contributed by atoms with Gasteiger partial charge in [0, 0.05) is 60.2 Å². The van der Waals surface area contributed by atoms with Crippen molar-refractivity contribution in [3.8, 4) is 28.3 Å². The van der Waals surface area contributed by atoms with Crippen molar-refractivity contribution in [3.05, 3.63) is 42.3 Å². The summed E-state index contributed by atoms with van der Waals surface area (Å²) >= 11 is 0. The van der Waals surface area contributed by atoms with Crippen LogP contribution in [-0.2, 0) is 13.0 Å². The van der Waals surface area contributed by atoms with Gasteiger partial charge >= 0.3 is 0 Å². The van der Waals surface area contributed by atoms with E-state index in [-0.39, 0.29) is 25.7 Å². The monoisotopic (exact) mass is 466 g/mol. The fourth-order valence-corrected chi connectivity index (χ4v) is 4.61. The predicted molar refractivity (Wildman–Crippen MR) is 123 cm³/mol. The predicted octanol–water partition coefficient (Wildman–Crippen LogP) is 5.91. The van der Waals surface area contributed by atoms with Crippen LogP contribution in [0.3, 0.4) is 0 Å². The van der Waals surface area contributed by atoms with E-state index < -0.39 is 18.3 Å². The first kappa shape index (κ1) is 19.9. The third-order valence-electron chi connectivity index (χ3n) is 6.40. The molecule has 0 aromatic carbocycles. The molecule has 1 aliphatic carbocycles. The third-order valence-corrected chi connectivity index (χ3v) is 6.40. The molecule has 176 valence electrons. The average molecular weight is 467 g/mol. The maximum Gasteiger partial charge on any atom is 0.248 e. The quantitative estimate of drug-likeness (QED) is 0.353. The minimum absolute atomic E-state index is 0.0953. The molecule has 4 heterocycles. The van der Waals surface area contributed by atoms with Crippen LogP contribution >= 0.6 is 0 Å². The van der Waals surface area contributed by atoms with Gasteiger partial charge < -0.3 is 9.09 Å². The first-order chi connectivity index (χ1) is 17.1. The van der Waals surface area contributed by atoms with Gasteiger partial charge in [0.2, 0.25) is 5.92 Å². The molecule has 34 heavy (non-hydrogen) atoms. The van der Waals surface area contributed by atoms with Gasteiger partial charge in [-0.05, 0) is 38.7 Å². The van der Waals surface area contributed by atoms with Crippen molar-refractivity contribution in [3.63, 3.8) is 0 Å². The Balaban J connectivity index is 1.65. The summed E-state index contributed by atoms with van der Waals surface area (Å²) in [5.41, 5.74) is 4.78. The Kier molecular flexibility index (Phi) is 5.07. The number of hydrogen-bond acceptors (Lipinski definition) is 5. The molecule has 9 heteroatoms. The molecule has 0 unspecified atom stereocenters. The highest BCUT2D eigenvalue weighted by Crippen LogP contribution is 2.39. The van der Waals surface area contributed by atoms with E-state index >= 15 is 0 Å². The van der Waals surface area contributed by atoms with Gasteiger partial charge in [-0.1, -0.05) is 5.16 Å². The molecule has 1 aliphatic rings. The summed E-state index contributed by atoms with van der Waals surface area (Å²) in [6.07, 6.45) is 6.74. The zero-order chi connectivity index (χ0) is 25.7. The SMILES string of the molecule is [2H]C([2H])(C1CCC(F)(F)CC1)n1cc(-c2cnn(CCC#N)c2)c2ncc(-c3c(C)noc3C)cc21. The van der Waals surface area contributed by atoms with Crippen LogP contribution in [0.2, 0.25) is 0 Å². The van der Waals surface area contributed by atoms with Crippen molar-refractivity contribution in [1.82, 2.24) is 24.5 Å². The molecule has 0 bridgehead atoms. The maximum atomic E-state index is 13.8. The Morgan fingerprint density at radius 1 is 1.24 bits per heavy atom. The van der Waals surface area contributed by atoms with Gasteiger partial charge in [0.25, 0.3) is 0 Å². The number of aryl methyl sites for hydroxylation is 3. The number of rotatable bonds is 6. The number of hydrogen-bond donors (Lipinski definition) is 0. The second-order valence-electron chi connectivity index (χ2n) is 8.86. The molecule has 4 aromatic rings. The van der Waals surface area contributed by atoms with Crippen molar-refractivity contribution in [1.29, 1.82) is 5.26 Å². The van der Waals surface area contributed by atoms with Crippen LogP contribution in [-0.4, -0.2) is 30.4 Å². The molecule has 0 atom stereocenters. The fourth-order valence-electron chi connectivity index (χ4n) is 4.61. The number of fused-ring (bicyclic) bond motifs is 1. The van der Waals surface area contributed by atoms with E-state index in [4.69, 9.17) is 17.5 Å². The van der Waals surface area contributed by atoms with E-state index in [2.05, 4.69) is 16.3 Å². The van der Waals surface area contributed by atoms with Crippen LogP contribution in [0, 0.1) is 31.1 Å². The second-order valence-corrected chi connectivity index (χ2v) is 8.86. The summed E-state index contributed by atoms with van der Waals surface area (Å²) in [5, 5.41) is 17.2. The third kappa shape index (κ3) is 4.20. The van der Waals surface area contributed by atoms with Crippen LogP contribution in [0.25, 0.3) is 33.3 Å². The Morgan fingerprint density at radius 2 is 2.03 bits per heavy atom. The van der Waals surface area contributed by atoms with E-state index in [1.165, 1.54) is 4.57 Å². The molecule has 0 amide bonds. The van der Waals surface area contributed by atoms with E-state index in [9.17, 15) is 8.78 Å². The lowest BCUT2D eigenvalue weighted by Crippen LogP contribution is -2.26. The van der Waals surface area contributed by atoms with E-state index in [0.29, 0.717) is 41.0 Å². The lowest BCUT2D eigenvalue weighted by molar-refractivity contribution is -0.0472. The number of pyridine rings is 1. The van der Waals surface area contributed by atoms with Crippen molar-refractivity contribution >= 4 is 11.0 Å². The highest BCUT2D eigenvalue weighted by Gasteiger charge is 2.35. The Morgan fingerprint density at radius 3 is 2.74 bits per heavy atom. The van der Waals surface area contributed by atoms with Gasteiger partial charge in [-0.2, -0.15) is 10.4 Å². The van der Waals surface area contributed by atoms with Gasteiger partial charge in [0.15, 0.2) is 0 Å². The first-order valence-corrected chi connectivity index (χ1v) is 11.3. The molecule has 1 saturated carbocycles. The lowest BCUT2D eigenvalue weighted by Gasteiger charge is -2.28. The van der Waals surface area contributed by atoms with Crippen LogP contribution < -0.4 is 0 Å². The van der Waals surface area contributed by atoms with Crippen molar-refractivity contribution < 1.29 is 16.0 Å². The number of nitriles is 1. The van der Waals surface area contributed by atoms with Gasteiger partial charge in [0.1, 0.15) is 5.76 Å². The average Bonchev–Trinajstić information content (AvgIpc) is 3.54. The van der Waals surface area contributed by atoms with Gasteiger partial charge in [-0.15, -0.1) is 0 Å². The normalized spacial score (nSPS) is 17.5. The van der Waals surface area contributed by atoms with Crippen LogP contribution in [0.4, 0.5) is 8.78 Å². The van der Waals surface area contributed by atoms with E-state index in [1.807, 2.05) is 13.0 Å².